The number of carbonyl (C=O) groups excluding carboxylic acids is 3. The number of likely N-dealkylation sites (N-methyl/N-ethyl adjacent to an activating group) is 1. The van der Waals surface area contributed by atoms with Gasteiger partial charge in [0.2, 0.25) is 11.8 Å². The Balaban J connectivity index is 1.31. The van der Waals surface area contributed by atoms with Crippen LogP contribution in [0.1, 0.15) is 34.5 Å². The van der Waals surface area contributed by atoms with Gasteiger partial charge in [-0.2, -0.15) is 0 Å². The fraction of sp³-hybridized carbons (Fsp3) is 0.189. The van der Waals surface area contributed by atoms with Gasteiger partial charge in [0, 0.05) is 43.0 Å². The van der Waals surface area contributed by atoms with Crippen LogP contribution in [0.4, 0.5) is 18.9 Å². The van der Waals surface area contributed by atoms with Crippen molar-refractivity contribution in [2.24, 2.45) is 0 Å². The molecule has 13 heteroatoms. The second-order valence-electron chi connectivity index (χ2n) is 11.6. The monoisotopic (exact) mass is 685 g/mol. The Morgan fingerprint density at radius 2 is 1.76 bits per heavy atom. The van der Waals surface area contributed by atoms with Gasteiger partial charge in [0.15, 0.2) is 0 Å². The maximum absolute atomic E-state index is 14.3. The van der Waals surface area contributed by atoms with Crippen molar-refractivity contribution in [3.63, 3.8) is 0 Å². The van der Waals surface area contributed by atoms with Crippen LogP contribution in [0.15, 0.2) is 102 Å². The number of amides is 3. The molecule has 0 unspecified atom stereocenters. The van der Waals surface area contributed by atoms with Crippen LogP contribution in [0.25, 0.3) is 10.9 Å². The van der Waals surface area contributed by atoms with Crippen LogP contribution >= 0.6 is 0 Å². The van der Waals surface area contributed by atoms with Gasteiger partial charge in [-0.25, -0.2) is 13.2 Å². The highest BCUT2D eigenvalue weighted by molar-refractivity contribution is 6.01. The Morgan fingerprint density at radius 3 is 2.52 bits per heavy atom. The molecule has 258 valence electrons. The predicted octanol–water partition coefficient (Wildman–Crippen LogP) is 5.54. The van der Waals surface area contributed by atoms with Crippen molar-refractivity contribution in [3.8, 4) is 5.75 Å². The predicted molar refractivity (Wildman–Crippen MR) is 182 cm³/mol. The Kier molecular flexibility index (Phi) is 11.2. The zero-order valence-electron chi connectivity index (χ0n) is 27.2. The summed E-state index contributed by atoms with van der Waals surface area (Å²) in [5, 5.41) is 5.90. The molecule has 0 fully saturated rings. The van der Waals surface area contributed by atoms with E-state index in [0.29, 0.717) is 17.0 Å². The van der Waals surface area contributed by atoms with Gasteiger partial charge in [-0.05, 0) is 67.4 Å². The molecule has 3 N–H and O–H groups in total. The standard InChI is InChI=1S/C37H34F3N5O5/c1-44(2)33(46)15-6-5-12-30(42-35(47)27-10-3-4-11-28(27)39)36(48)43-31-13-8-18-45(37(31)49)21-26-19-23-9-7-14-32(34(23)41-26)50-22-24-16-17-25(38)20-29(24)40/h3-4,6-11,13-20,30,41H,5,12,21-22H2,1-2H3,(H,42,47)(H,43,48)/b15-6+/t30-/m0/s1. The van der Waals surface area contributed by atoms with Crippen molar-refractivity contribution in [1.82, 2.24) is 19.8 Å². The first-order valence-corrected chi connectivity index (χ1v) is 15.6. The van der Waals surface area contributed by atoms with Crippen LogP contribution in [-0.4, -0.2) is 52.3 Å². The lowest BCUT2D eigenvalue weighted by atomic mass is 10.1. The Hall–Kier alpha value is -6.11. The van der Waals surface area contributed by atoms with Gasteiger partial charge in [-0.1, -0.05) is 30.3 Å². The van der Waals surface area contributed by atoms with Gasteiger partial charge in [0.05, 0.1) is 17.6 Å². The highest BCUT2D eigenvalue weighted by atomic mass is 19.1. The summed E-state index contributed by atoms with van der Waals surface area (Å²) in [5.74, 6) is -3.52. The first kappa shape index (κ1) is 35.2. The van der Waals surface area contributed by atoms with E-state index in [1.165, 1.54) is 45.9 Å². The number of benzene rings is 3. The van der Waals surface area contributed by atoms with Crippen LogP contribution in [0.3, 0.4) is 0 Å². The molecule has 3 amide bonds. The summed E-state index contributed by atoms with van der Waals surface area (Å²) in [6, 6.07) is 17.5. The van der Waals surface area contributed by atoms with Gasteiger partial charge in [0.1, 0.15) is 41.5 Å². The van der Waals surface area contributed by atoms with E-state index in [9.17, 15) is 32.3 Å². The summed E-state index contributed by atoms with van der Waals surface area (Å²) >= 11 is 0. The molecule has 0 saturated heterocycles. The van der Waals surface area contributed by atoms with Crippen LogP contribution in [0, 0.1) is 17.5 Å². The van der Waals surface area contributed by atoms with E-state index in [-0.39, 0.29) is 48.7 Å². The quantitative estimate of drug-likeness (QED) is 0.141. The maximum atomic E-state index is 14.3. The summed E-state index contributed by atoms with van der Waals surface area (Å²) in [4.78, 5) is 56.3. The van der Waals surface area contributed by atoms with Crippen molar-refractivity contribution >= 4 is 34.3 Å². The minimum Gasteiger partial charge on any atom is -0.487 e. The molecule has 5 rings (SSSR count). The molecule has 0 radical (unpaired) electrons. The van der Waals surface area contributed by atoms with E-state index in [1.807, 2.05) is 12.1 Å². The van der Waals surface area contributed by atoms with Crippen molar-refractivity contribution in [2.45, 2.75) is 32.0 Å². The topological polar surface area (TPSA) is 126 Å². The van der Waals surface area contributed by atoms with Gasteiger partial charge in [0.25, 0.3) is 11.5 Å². The number of hydrogen-bond donors (Lipinski definition) is 3. The number of aromatic nitrogens is 2. The third-order valence-electron chi connectivity index (χ3n) is 7.75. The first-order valence-electron chi connectivity index (χ1n) is 15.6. The number of fused-ring (bicyclic) bond motifs is 1. The second kappa shape index (κ2) is 15.9. The lowest BCUT2D eigenvalue weighted by Crippen LogP contribution is -2.44. The molecular weight excluding hydrogens is 651 g/mol. The van der Waals surface area contributed by atoms with Gasteiger partial charge >= 0.3 is 0 Å². The molecule has 0 bridgehead atoms. The van der Waals surface area contributed by atoms with Crippen LogP contribution in [0.5, 0.6) is 5.75 Å². The Morgan fingerprint density at radius 1 is 0.960 bits per heavy atom. The smallest absolute Gasteiger partial charge is 0.274 e. The third-order valence-corrected chi connectivity index (χ3v) is 7.75. The lowest BCUT2D eigenvalue weighted by Gasteiger charge is -2.18. The maximum Gasteiger partial charge on any atom is 0.274 e. The number of allylic oxidation sites excluding steroid dienone is 1. The van der Waals surface area contributed by atoms with Crippen molar-refractivity contribution in [1.29, 1.82) is 0 Å². The number of nitrogens with zero attached hydrogens (tertiary/aromatic N) is 2. The molecule has 5 aromatic rings. The minimum atomic E-state index is -1.18. The normalized spacial score (nSPS) is 11.8. The average Bonchev–Trinajstić information content (AvgIpc) is 3.50. The largest absolute Gasteiger partial charge is 0.487 e. The number of ether oxygens (including phenoxy) is 1. The van der Waals surface area contributed by atoms with E-state index in [1.54, 1.807) is 44.6 Å². The van der Waals surface area contributed by atoms with Gasteiger partial charge < -0.3 is 29.8 Å². The van der Waals surface area contributed by atoms with E-state index in [2.05, 4.69) is 15.6 Å². The van der Waals surface area contributed by atoms with E-state index in [4.69, 9.17) is 4.74 Å². The Bertz CT molecular complexity index is 2120. The molecule has 3 aromatic carbocycles. The van der Waals surface area contributed by atoms with E-state index >= 15 is 0 Å². The summed E-state index contributed by atoms with van der Waals surface area (Å²) in [6.45, 7) is -0.0472. The van der Waals surface area contributed by atoms with E-state index in [0.717, 1.165) is 23.6 Å². The number of H-pyrrole nitrogens is 1. The van der Waals surface area contributed by atoms with Crippen molar-refractivity contribution in [2.75, 3.05) is 19.4 Å². The molecular formula is C37H34F3N5O5. The van der Waals surface area contributed by atoms with Crippen molar-refractivity contribution < 1.29 is 32.3 Å². The van der Waals surface area contributed by atoms with Crippen LogP contribution in [0.2, 0.25) is 0 Å². The lowest BCUT2D eigenvalue weighted by molar-refractivity contribution is -0.123. The number of carbonyl (C=O) groups is 3. The number of halogens is 3. The fourth-order valence-corrected chi connectivity index (χ4v) is 5.09. The number of anilines is 1. The summed E-state index contributed by atoms with van der Waals surface area (Å²) in [7, 11) is 3.19. The molecule has 2 aromatic heterocycles. The van der Waals surface area contributed by atoms with E-state index < -0.39 is 40.9 Å². The number of aromatic amines is 1. The Labute approximate surface area is 285 Å². The molecule has 0 saturated carbocycles. The number of para-hydroxylation sites is 1. The summed E-state index contributed by atoms with van der Waals surface area (Å²) in [5.41, 5.74) is 0.590. The second-order valence-corrected chi connectivity index (χ2v) is 11.6. The molecule has 0 aliphatic carbocycles. The minimum absolute atomic E-state index is 0.0531. The number of rotatable bonds is 13. The average molecular weight is 686 g/mol. The van der Waals surface area contributed by atoms with Gasteiger partial charge in [-0.3, -0.25) is 19.2 Å². The number of hydrogen-bond acceptors (Lipinski definition) is 5. The number of nitrogens with one attached hydrogen (secondary N) is 3. The molecule has 0 spiro atoms. The van der Waals surface area contributed by atoms with Gasteiger partial charge in [-0.15, -0.1) is 0 Å². The number of pyridine rings is 1. The SMILES string of the molecule is CN(C)C(=O)/C=C/CC[C@H](NC(=O)c1ccccc1F)C(=O)Nc1cccn(Cc2cc3cccc(OCc4ccc(F)cc4F)c3[nH]2)c1=O. The zero-order valence-corrected chi connectivity index (χ0v) is 27.2. The molecule has 10 nitrogen and oxygen atoms in total. The summed E-state index contributed by atoms with van der Waals surface area (Å²) < 4.78 is 49.0. The van der Waals surface area contributed by atoms with Crippen LogP contribution < -0.4 is 20.9 Å². The zero-order chi connectivity index (χ0) is 35.8. The molecule has 50 heavy (non-hydrogen) atoms. The fourth-order valence-electron chi connectivity index (χ4n) is 5.09. The summed E-state index contributed by atoms with van der Waals surface area (Å²) in [6.07, 6.45) is 4.72. The van der Waals surface area contributed by atoms with Crippen molar-refractivity contribution in [3.05, 3.63) is 142 Å². The molecule has 0 aliphatic heterocycles. The highest BCUT2D eigenvalue weighted by Crippen LogP contribution is 2.27. The van der Waals surface area contributed by atoms with Crippen LogP contribution in [-0.2, 0) is 22.7 Å². The highest BCUT2D eigenvalue weighted by Gasteiger charge is 2.23. The first-order chi connectivity index (χ1) is 24.0. The molecule has 0 aliphatic rings. The molecule has 1 atom stereocenters. The third kappa shape index (κ3) is 8.67. The molecule has 2 heterocycles.